The van der Waals surface area contributed by atoms with Gasteiger partial charge in [0.25, 0.3) is 0 Å². The maximum absolute atomic E-state index is 12.6. The van der Waals surface area contributed by atoms with E-state index in [0.717, 1.165) is 24.6 Å². The number of carbonyl (C=O) groups excluding carboxylic acids is 1. The first-order valence-electron chi connectivity index (χ1n) is 6.16. The molecule has 3 nitrogen and oxygen atoms in total. The molecule has 1 rings (SSSR count). The van der Waals surface area contributed by atoms with Crippen molar-refractivity contribution in [2.24, 2.45) is 5.73 Å². The lowest BCUT2D eigenvalue weighted by molar-refractivity contribution is -0.137. The molecule has 0 radical (unpaired) electrons. The standard InChI is InChI=1S/C13H16ClF3N2O/c1-2-3-9(18)7-12(20)19-11-6-8(13(15,16)17)4-5-10(11)14/h4-6,9H,2-3,7,18H2,1H3,(H,19,20). The molecule has 1 amide bonds. The number of benzene rings is 1. The number of rotatable bonds is 5. The average Bonchev–Trinajstić information content (AvgIpc) is 2.30. The lowest BCUT2D eigenvalue weighted by atomic mass is 10.1. The van der Waals surface area contributed by atoms with E-state index in [2.05, 4.69) is 5.32 Å². The zero-order valence-corrected chi connectivity index (χ0v) is 11.7. The largest absolute Gasteiger partial charge is 0.416 e. The van der Waals surface area contributed by atoms with Crippen LogP contribution >= 0.6 is 11.6 Å². The van der Waals surface area contributed by atoms with Gasteiger partial charge in [0, 0.05) is 12.5 Å². The van der Waals surface area contributed by atoms with Gasteiger partial charge in [-0.05, 0) is 24.6 Å². The number of hydrogen-bond donors (Lipinski definition) is 2. The van der Waals surface area contributed by atoms with Crippen molar-refractivity contribution in [2.45, 2.75) is 38.4 Å². The van der Waals surface area contributed by atoms with Crippen molar-refractivity contribution in [1.82, 2.24) is 0 Å². The molecular weight excluding hydrogens is 293 g/mol. The summed E-state index contributed by atoms with van der Waals surface area (Å²) >= 11 is 5.77. The van der Waals surface area contributed by atoms with Gasteiger partial charge in [-0.3, -0.25) is 4.79 Å². The first kappa shape index (κ1) is 16.8. The van der Waals surface area contributed by atoms with E-state index in [9.17, 15) is 18.0 Å². The number of halogens is 4. The van der Waals surface area contributed by atoms with Crippen LogP contribution in [0.4, 0.5) is 18.9 Å². The molecule has 1 atom stereocenters. The van der Waals surface area contributed by atoms with Crippen molar-refractivity contribution < 1.29 is 18.0 Å². The van der Waals surface area contributed by atoms with Gasteiger partial charge < -0.3 is 11.1 Å². The van der Waals surface area contributed by atoms with Gasteiger partial charge in [-0.15, -0.1) is 0 Å². The Morgan fingerprint density at radius 3 is 2.65 bits per heavy atom. The predicted octanol–water partition coefficient (Wildman–Crippen LogP) is 3.81. The second kappa shape index (κ2) is 6.95. The molecule has 0 aromatic heterocycles. The van der Waals surface area contributed by atoms with E-state index in [1.807, 2.05) is 6.92 Å². The second-order valence-electron chi connectivity index (χ2n) is 4.49. The van der Waals surface area contributed by atoms with E-state index in [1.165, 1.54) is 0 Å². The van der Waals surface area contributed by atoms with Crippen LogP contribution in [0.2, 0.25) is 5.02 Å². The Labute approximate surface area is 120 Å². The highest BCUT2D eigenvalue weighted by atomic mass is 35.5. The Bertz CT molecular complexity index is 477. The molecule has 0 aliphatic carbocycles. The lowest BCUT2D eigenvalue weighted by Gasteiger charge is -2.13. The maximum Gasteiger partial charge on any atom is 0.416 e. The summed E-state index contributed by atoms with van der Waals surface area (Å²) < 4.78 is 37.7. The van der Waals surface area contributed by atoms with Crippen molar-refractivity contribution in [3.63, 3.8) is 0 Å². The molecule has 3 N–H and O–H groups in total. The van der Waals surface area contributed by atoms with Gasteiger partial charge in [-0.25, -0.2) is 0 Å². The third-order valence-electron chi connectivity index (χ3n) is 2.67. The molecule has 7 heteroatoms. The van der Waals surface area contributed by atoms with Crippen molar-refractivity contribution in [2.75, 3.05) is 5.32 Å². The highest BCUT2D eigenvalue weighted by Crippen LogP contribution is 2.33. The molecular formula is C13H16ClF3N2O. The van der Waals surface area contributed by atoms with Gasteiger partial charge in [0.15, 0.2) is 0 Å². The fraction of sp³-hybridized carbons (Fsp3) is 0.462. The van der Waals surface area contributed by atoms with E-state index in [1.54, 1.807) is 0 Å². The fourth-order valence-electron chi connectivity index (χ4n) is 1.71. The predicted molar refractivity (Wildman–Crippen MR) is 72.6 cm³/mol. The quantitative estimate of drug-likeness (QED) is 0.869. The highest BCUT2D eigenvalue weighted by Gasteiger charge is 2.31. The SMILES string of the molecule is CCCC(N)CC(=O)Nc1cc(C(F)(F)F)ccc1Cl. The summed E-state index contributed by atoms with van der Waals surface area (Å²) in [5.41, 5.74) is 4.78. The Hall–Kier alpha value is -1.27. The summed E-state index contributed by atoms with van der Waals surface area (Å²) in [5.74, 6) is -0.452. The minimum absolute atomic E-state index is 0.0421. The molecule has 0 saturated heterocycles. The normalized spacial score (nSPS) is 13.1. The fourth-order valence-corrected chi connectivity index (χ4v) is 1.87. The lowest BCUT2D eigenvalue weighted by Crippen LogP contribution is -2.27. The molecule has 0 fully saturated rings. The zero-order chi connectivity index (χ0) is 15.3. The smallest absolute Gasteiger partial charge is 0.327 e. The number of alkyl halides is 3. The van der Waals surface area contributed by atoms with E-state index >= 15 is 0 Å². The van der Waals surface area contributed by atoms with Crippen LogP contribution in [-0.4, -0.2) is 11.9 Å². The van der Waals surface area contributed by atoms with Crippen LogP contribution in [0, 0.1) is 0 Å². The maximum atomic E-state index is 12.6. The van der Waals surface area contributed by atoms with Gasteiger partial charge in [0.1, 0.15) is 0 Å². The van der Waals surface area contributed by atoms with Crippen molar-refractivity contribution in [1.29, 1.82) is 0 Å². The molecule has 1 unspecified atom stereocenters. The molecule has 0 saturated carbocycles. The monoisotopic (exact) mass is 308 g/mol. The first-order valence-corrected chi connectivity index (χ1v) is 6.54. The summed E-state index contributed by atoms with van der Waals surface area (Å²) in [4.78, 5) is 11.7. The molecule has 0 spiro atoms. The minimum atomic E-state index is -4.48. The van der Waals surface area contributed by atoms with Crippen LogP contribution in [0.15, 0.2) is 18.2 Å². The highest BCUT2D eigenvalue weighted by molar-refractivity contribution is 6.33. The number of amides is 1. The third-order valence-corrected chi connectivity index (χ3v) is 3.00. The Kier molecular flexibility index (Phi) is 5.83. The van der Waals surface area contributed by atoms with E-state index in [0.29, 0.717) is 6.42 Å². The summed E-state index contributed by atoms with van der Waals surface area (Å²) in [6.07, 6.45) is -2.94. The van der Waals surface area contributed by atoms with Gasteiger partial charge in [-0.1, -0.05) is 24.9 Å². The van der Waals surface area contributed by atoms with Gasteiger partial charge in [0.05, 0.1) is 16.3 Å². The van der Waals surface area contributed by atoms with E-state index in [4.69, 9.17) is 17.3 Å². The average molecular weight is 309 g/mol. The van der Waals surface area contributed by atoms with Gasteiger partial charge in [-0.2, -0.15) is 13.2 Å². The van der Waals surface area contributed by atoms with Crippen LogP contribution in [0.25, 0.3) is 0 Å². The number of nitrogens with two attached hydrogens (primary N) is 1. The number of carbonyl (C=O) groups is 1. The molecule has 0 bridgehead atoms. The van der Waals surface area contributed by atoms with Crippen molar-refractivity contribution in [3.05, 3.63) is 28.8 Å². The van der Waals surface area contributed by atoms with Crippen LogP contribution in [0.3, 0.4) is 0 Å². The molecule has 1 aromatic rings. The first-order chi connectivity index (χ1) is 9.24. The Morgan fingerprint density at radius 2 is 2.10 bits per heavy atom. The summed E-state index contributed by atoms with van der Waals surface area (Å²) in [7, 11) is 0. The van der Waals surface area contributed by atoms with Crippen LogP contribution in [-0.2, 0) is 11.0 Å². The van der Waals surface area contributed by atoms with Crippen LogP contribution in [0.1, 0.15) is 31.7 Å². The van der Waals surface area contributed by atoms with Crippen LogP contribution in [0.5, 0.6) is 0 Å². The van der Waals surface area contributed by atoms with Gasteiger partial charge >= 0.3 is 6.18 Å². The molecule has 0 heterocycles. The molecule has 1 aromatic carbocycles. The second-order valence-corrected chi connectivity index (χ2v) is 4.90. The molecule has 20 heavy (non-hydrogen) atoms. The third kappa shape index (κ3) is 5.02. The minimum Gasteiger partial charge on any atom is -0.327 e. The molecule has 0 aliphatic heterocycles. The Morgan fingerprint density at radius 1 is 1.45 bits per heavy atom. The van der Waals surface area contributed by atoms with Gasteiger partial charge in [0.2, 0.25) is 5.91 Å². The van der Waals surface area contributed by atoms with Crippen molar-refractivity contribution in [3.8, 4) is 0 Å². The van der Waals surface area contributed by atoms with E-state index < -0.39 is 17.6 Å². The Balaban J connectivity index is 2.79. The van der Waals surface area contributed by atoms with E-state index in [-0.39, 0.29) is 23.2 Å². The number of anilines is 1. The number of nitrogens with one attached hydrogen (secondary N) is 1. The van der Waals surface area contributed by atoms with Crippen LogP contribution < -0.4 is 11.1 Å². The molecule has 0 aliphatic rings. The molecule has 112 valence electrons. The summed E-state index contributed by atoms with van der Waals surface area (Å²) in [6, 6.07) is 2.46. The van der Waals surface area contributed by atoms with Crippen molar-refractivity contribution >= 4 is 23.2 Å². The zero-order valence-electron chi connectivity index (χ0n) is 10.9. The number of hydrogen-bond acceptors (Lipinski definition) is 2. The summed E-state index contributed by atoms with van der Waals surface area (Å²) in [6.45, 7) is 1.93. The summed E-state index contributed by atoms with van der Waals surface area (Å²) in [5, 5.41) is 2.41. The topological polar surface area (TPSA) is 55.1 Å².